The van der Waals surface area contributed by atoms with E-state index in [-0.39, 0.29) is 128 Å². The summed E-state index contributed by atoms with van der Waals surface area (Å²) in [6, 6.07) is 0. The van der Waals surface area contributed by atoms with Crippen molar-refractivity contribution in [2.24, 2.45) is 0 Å². The standard InChI is InChI=1S/4Na.2H4O7P2.H3P/c;;;;2*1-8(2,3)7-9(4,5)6;/h;;;;2*(H2,1,2,3)(H2,4,5,6);1H3/q4*+1;;;/p-4. The smallest absolute Gasteiger partial charge is 0.790 e. The molecule has 3 atom stereocenters. The van der Waals surface area contributed by atoms with Crippen molar-refractivity contribution < 1.29 is 184 Å². The summed E-state index contributed by atoms with van der Waals surface area (Å²) >= 11 is 0. The van der Waals surface area contributed by atoms with Crippen LogP contribution in [0.15, 0.2) is 0 Å². The van der Waals surface area contributed by atoms with Gasteiger partial charge in [-0.25, -0.2) is 8.88 Å². The van der Waals surface area contributed by atoms with E-state index in [1.165, 1.54) is 0 Å². The van der Waals surface area contributed by atoms with E-state index in [1.54, 1.807) is 0 Å². The summed E-state index contributed by atoms with van der Waals surface area (Å²) in [7, 11) is -21.5. The Morgan fingerprint density at radius 1 is 0.609 bits per heavy atom. The van der Waals surface area contributed by atoms with Crippen LogP contribution in [0.4, 0.5) is 0 Å². The van der Waals surface area contributed by atoms with E-state index in [4.69, 9.17) is 19.6 Å². The van der Waals surface area contributed by atoms with E-state index in [0.29, 0.717) is 0 Å². The van der Waals surface area contributed by atoms with Crippen LogP contribution in [0, 0.1) is 0 Å². The minimum Gasteiger partial charge on any atom is -0.790 e. The molecule has 0 rings (SSSR count). The minimum absolute atomic E-state index is 0. The normalized spacial score (nSPS) is 15.0. The second-order valence-electron chi connectivity index (χ2n) is 2.04. The molecule has 0 aromatic rings. The van der Waals surface area contributed by atoms with Gasteiger partial charge in [-0.2, -0.15) is 9.90 Å². The van der Waals surface area contributed by atoms with Gasteiger partial charge in [0.1, 0.15) is 0 Å². The quantitative estimate of drug-likeness (QED) is 0.216. The summed E-state index contributed by atoms with van der Waals surface area (Å²) < 4.78 is 43.4. The van der Waals surface area contributed by atoms with Gasteiger partial charge in [0.2, 0.25) is 0 Å². The average Bonchev–Trinajstić information content (AvgIpc) is 1.64. The van der Waals surface area contributed by atoms with Crippen LogP contribution in [0.1, 0.15) is 0 Å². The fraction of sp³-hybridized carbons (Fsp3) is 0. The predicted octanol–water partition coefficient (Wildman–Crippen LogP) is -16.1. The van der Waals surface area contributed by atoms with Gasteiger partial charge in [0.15, 0.2) is 0 Å². The molecular weight excluding hydrogens is 471 g/mol. The van der Waals surface area contributed by atoms with Crippen molar-refractivity contribution in [3.8, 4) is 0 Å². The molecule has 0 bridgehead atoms. The molecule has 0 spiro atoms. The molecule has 0 fully saturated rings. The van der Waals surface area contributed by atoms with Crippen molar-refractivity contribution in [2.45, 2.75) is 0 Å². The van der Waals surface area contributed by atoms with E-state index >= 15 is 0 Å². The van der Waals surface area contributed by atoms with Gasteiger partial charge < -0.3 is 43.7 Å². The predicted molar refractivity (Wildman–Crippen MR) is 52.6 cm³/mol. The number of hydrogen-bond donors (Lipinski definition) is 4. The maximum absolute atomic E-state index is 9.59. The molecular formula is H7Na4O14P5. The number of phosphoric acid groups is 4. The Labute approximate surface area is 222 Å². The maximum Gasteiger partial charge on any atom is 1.00 e. The third-order valence-corrected chi connectivity index (χ3v) is 3.71. The van der Waals surface area contributed by atoms with Crippen molar-refractivity contribution in [3.63, 3.8) is 0 Å². The van der Waals surface area contributed by atoms with E-state index in [1.807, 2.05) is 0 Å². The van der Waals surface area contributed by atoms with Gasteiger partial charge in [-0.15, -0.1) is 0 Å². The SMILES string of the molecule is O=P([O-])(O)OP(=O)(O)O.O=P([O-])([O-])OP(=O)([O-])O.P.[Na+].[Na+].[Na+].[Na+]. The van der Waals surface area contributed by atoms with Crippen LogP contribution in [0.3, 0.4) is 0 Å². The number of rotatable bonds is 4. The molecule has 0 saturated heterocycles. The van der Waals surface area contributed by atoms with Crippen molar-refractivity contribution >= 4 is 41.2 Å². The first-order valence-electron chi connectivity index (χ1n) is 2.99. The maximum atomic E-state index is 9.59. The van der Waals surface area contributed by atoms with E-state index < -0.39 is 31.3 Å². The molecule has 120 valence electrons. The van der Waals surface area contributed by atoms with E-state index in [0.717, 1.165) is 0 Å². The van der Waals surface area contributed by atoms with Crippen LogP contribution >= 0.6 is 41.2 Å². The van der Waals surface area contributed by atoms with Crippen molar-refractivity contribution in [2.75, 3.05) is 0 Å². The molecule has 0 heterocycles. The summed E-state index contributed by atoms with van der Waals surface area (Å²) in [6.07, 6.45) is 0. The van der Waals surface area contributed by atoms with Gasteiger partial charge in [0, 0.05) is 0 Å². The molecule has 0 radical (unpaired) electrons. The zero-order valence-corrected chi connectivity index (χ0v) is 25.4. The molecule has 0 aliphatic rings. The Hall–Kier alpha value is 4.95. The van der Waals surface area contributed by atoms with Crippen molar-refractivity contribution in [1.82, 2.24) is 0 Å². The Bertz CT molecular complexity index is 354. The molecule has 0 saturated carbocycles. The second-order valence-corrected chi connectivity index (χ2v) is 7.09. The molecule has 14 nitrogen and oxygen atoms in total. The first-order chi connectivity index (χ1) is 7.41. The summed E-state index contributed by atoms with van der Waals surface area (Å²) in [4.78, 5) is 68.3. The van der Waals surface area contributed by atoms with Crippen LogP contribution in [0.25, 0.3) is 0 Å². The Kier molecular flexibility index (Phi) is 38.1. The first-order valence-corrected chi connectivity index (χ1v) is 8.97. The van der Waals surface area contributed by atoms with Crippen molar-refractivity contribution in [3.05, 3.63) is 0 Å². The van der Waals surface area contributed by atoms with Gasteiger partial charge in [-0.05, 0) is 0 Å². The summed E-state index contributed by atoms with van der Waals surface area (Å²) in [5.74, 6) is 0. The largest absolute Gasteiger partial charge is 1.00 e. The average molecular weight is 478 g/mol. The third-order valence-electron chi connectivity index (χ3n) is 0.413. The molecule has 0 aliphatic carbocycles. The summed E-state index contributed by atoms with van der Waals surface area (Å²) in [5, 5.41) is 0. The van der Waals surface area contributed by atoms with Gasteiger partial charge >= 0.3 is 126 Å². The zero-order chi connectivity index (χ0) is 15.4. The number of hydrogen-bond acceptors (Lipinski definition) is 10. The summed E-state index contributed by atoms with van der Waals surface area (Å²) in [6.45, 7) is 0. The Morgan fingerprint density at radius 2 is 0.826 bits per heavy atom. The monoisotopic (exact) mass is 478 g/mol. The van der Waals surface area contributed by atoms with Gasteiger partial charge in [-0.1, -0.05) is 0 Å². The van der Waals surface area contributed by atoms with Crippen LogP contribution < -0.4 is 138 Å². The van der Waals surface area contributed by atoms with Gasteiger partial charge in [-0.3, -0.25) is 13.4 Å². The van der Waals surface area contributed by atoms with Crippen LogP contribution in [0.5, 0.6) is 0 Å². The first kappa shape index (κ1) is 46.3. The molecule has 3 unspecified atom stereocenters. The molecule has 0 aliphatic heterocycles. The molecule has 0 aromatic heterocycles. The van der Waals surface area contributed by atoms with Crippen LogP contribution in [-0.2, 0) is 26.9 Å². The topological polar surface area (TPSA) is 260 Å². The van der Waals surface area contributed by atoms with Crippen LogP contribution in [-0.4, -0.2) is 19.6 Å². The van der Waals surface area contributed by atoms with Gasteiger partial charge in [0.25, 0.3) is 15.6 Å². The van der Waals surface area contributed by atoms with Crippen molar-refractivity contribution in [1.29, 1.82) is 0 Å². The Balaban J connectivity index is -0.0000000366. The third kappa shape index (κ3) is 58.4. The minimum atomic E-state index is -5.61. The fourth-order valence-corrected chi connectivity index (χ4v) is 2.35. The zero-order valence-electron chi connectivity index (χ0n) is 12.4. The molecule has 23 heavy (non-hydrogen) atoms. The molecule has 4 N–H and O–H groups in total. The molecule has 0 aromatic carbocycles. The summed E-state index contributed by atoms with van der Waals surface area (Å²) in [5.41, 5.74) is 0. The van der Waals surface area contributed by atoms with Gasteiger partial charge in [0.05, 0.1) is 7.82 Å². The Morgan fingerprint density at radius 3 is 0.826 bits per heavy atom. The van der Waals surface area contributed by atoms with Crippen LogP contribution in [0.2, 0.25) is 0 Å². The second kappa shape index (κ2) is 18.9. The van der Waals surface area contributed by atoms with E-state index in [9.17, 15) is 37.8 Å². The van der Waals surface area contributed by atoms with E-state index in [2.05, 4.69) is 8.62 Å². The molecule has 23 heteroatoms. The molecule has 0 amide bonds. The fourth-order valence-electron chi connectivity index (χ4n) is 0.261.